The SMILES string of the molecule is Oc1ccc(OC2CN3CCC2CC3)cc1. The van der Waals surface area contributed by atoms with Crippen molar-refractivity contribution in [1.82, 2.24) is 4.90 Å². The van der Waals surface area contributed by atoms with E-state index in [4.69, 9.17) is 4.74 Å². The largest absolute Gasteiger partial charge is 0.508 e. The number of aromatic hydroxyl groups is 1. The van der Waals surface area contributed by atoms with Gasteiger partial charge in [0.2, 0.25) is 0 Å². The molecule has 2 bridgehead atoms. The Morgan fingerprint density at radius 1 is 1.12 bits per heavy atom. The molecule has 3 aliphatic heterocycles. The van der Waals surface area contributed by atoms with Crippen LogP contribution in [0, 0.1) is 5.92 Å². The molecule has 1 N–H and O–H groups in total. The zero-order valence-corrected chi connectivity index (χ0v) is 9.30. The fourth-order valence-corrected chi connectivity index (χ4v) is 2.74. The molecule has 0 amide bonds. The van der Waals surface area contributed by atoms with E-state index in [1.807, 2.05) is 12.1 Å². The van der Waals surface area contributed by atoms with Crippen LogP contribution in [-0.4, -0.2) is 35.7 Å². The minimum Gasteiger partial charge on any atom is -0.508 e. The third-order valence-corrected chi connectivity index (χ3v) is 3.72. The Morgan fingerprint density at radius 3 is 2.38 bits per heavy atom. The van der Waals surface area contributed by atoms with Crippen molar-refractivity contribution >= 4 is 0 Å². The number of rotatable bonds is 2. The van der Waals surface area contributed by atoms with Crippen molar-refractivity contribution in [1.29, 1.82) is 0 Å². The molecule has 3 nitrogen and oxygen atoms in total. The maximum absolute atomic E-state index is 9.20. The first-order valence-corrected chi connectivity index (χ1v) is 5.99. The number of benzene rings is 1. The zero-order valence-electron chi connectivity index (χ0n) is 9.30. The van der Waals surface area contributed by atoms with Gasteiger partial charge in [0.1, 0.15) is 17.6 Å². The van der Waals surface area contributed by atoms with Crippen LogP contribution in [0.2, 0.25) is 0 Å². The Balaban J connectivity index is 1.68. The molecular weight excluding hydrogens is 202 g/mol. The second-order valence-corrected chi connectivity index (χ2v) is 4.79. The van der Waals surface area contributed by atoms with E-state index in [-0.39, 0.29) is 0 Å². The Labute approximate surface area is 95.6 Å². The number of nitrogens with zero attached hydrogens (tertiary/aromatic N) is 1. The summed E-state index contributed by atoms with van der Waals surface area (Å²) in [7, 11) is 0. The van der Waals surface area contributed by atoms with Gasteiger partial charge in [-0.05, 0) is 56.1 Å². The van der Waals surface area contributed by atoms with Crippen LogP contribution in [0.15, 0.2) is 24.3 Å². The summed E-state index contributed by atoms with van der Waals surface area (Å²) in [5.41, 5.74) is 0. The quantitative estimate of drug-likeness (QED) is 0.824. The molecule has 86 valence electrons. The fraction of sp³-hybridized carbons (Fsp3) is 0.538. The van der Waals surface area contributed by atoms with E-state index < -0.39 is 0 Å². The van der Waals surface area contributed by atoms with Gasteiger partial charge in [-0.15, -0.1) is 0 Å². The third-order valence-electron chi connectivity index (χ3n) is 3.72. The average molecular weight is 219 g/mol. The molecule has 0 aromatic heterocycles. The molecule has 3 aliphatic rings. The van der Waals surface area contributed by atoms with E-state index in [1.165, 1.54) is 25.9 Å². The third kappa shape index (κ3) is 1.87. The summed E-state index contributed by atoms with van der Waals surface area (Å²) in [6.45, 7) is 3.53. The van der Waals surface area contributed by atoms with Gasteiger partial charge in [0, 0.05) is 6.54 Å². The fourth-order valence-electron chi connectivity index (χ4n) is 2.74. The smallest absolute Gasteiger partial charge is 0.120 e. The number of hydrogen-bond acceptors (Lipinski definition) is 3. The highest BCUT2D eigenvalue weighted by molar-refractivity contribution is 5.30. The van der Waals surface area contributed by atoms with Crippen molar-refractivity contribution < 1.29 is 9.84 Å². The molecule has 0 spiro atoms. The topological polar surface area (TPSA) is 32.7 Å². The Morgan fingerprint density at radius 2 is 1.81 bits per heavy atom. The molecular formula is C13H17NO2. The lowest BCUT2D eigenvalue weighted by atomic mass is 9.86. The summed E-state index contributed by atoms with van der Waals surface area (Å²) >= 11 is 0. The second kappa shape index (κ2) is 3.98. The van der Waals surface area contributed by atoms with Crippen molar-refractivity contribution in [3.63, 3.8) is 0 Å². The Bertz CT molecular complexity index is 355. The molecule has 3 heterocycles. The van der Waals surface area contributed by atoms with Crippen molar-refractivity contribution in [2.45, 2.75) is 18.9 Å². The van der Waals surface area contributed by atoms with Gasteiger partial charge in [-0.25, -0.2) is 0 Å². The van der Waals surface area contributed by atoms with Gasteiger partial charge in [-0.2, -0.15) is 0 Å². The zero-order chi connectivity index (χ0) is 11.0. The molecule has 3 saturated heterocycles. The van der Waals surface area contributed by atoms with Crippen LogP contribution >= 0.6 is 0 Å². The van der Waals surface area contributed by atoms with Gasteiger partial charge in [0.15, 0.2) is 0 Å². The van der Waals surface area contributed by atoms with E-state index >= 15 is 0 Å². The van der Waals surface area contributed by atoms with Crippen molar-refractivity contribution in [3.05, 3.63) is 24.3 Å². The summed E-state index contributed by atoms with van der Waals surface area (Å²) in [6, 6.07) is 7.04. The predicted molar refractivity (Wildman–Crippen MR) is 61.7 cm³/mol. The van der Waals surface area contributed by atoms with Gasteiger partial charge >= 0.3 is 0 Å². The molecule has 1 unspecified atom stereocenters. The Hall–Kier alpha value is -1.22. The molecule has 1 aromatic rings. The first-order chi connectivity index (χ1) is 7.81. The van der Waals surface area contributed by atoms with Crippen molar-refractivity contribution in [2.24, 2.45) is 5.92 Å². The van der Waals surface area contributed by atoms with Gasteiger partial charge in [-0.3, -0.25) is 4.90 Å². The summed E-state index contributed by atoms with van der Waals surface area (Å²) in [5.74, 6) is 1.89. The van der Waals surface area contributed by atoms with E-state index in [9.17, 15) is 5.11 Å². The molecule has 16 heavy (non-hydrogen) atoms. The highest BCUT2D eigenvalue weighted by Gasteiger charge is 2.35. The predicted octanol–water partition coefficient (Wildman–Crippen LogP) is 1.87. The minimum absolute atomic E-state index is 0.293. The molecule has 0 aliphatic carbocycles. The molecule has 1 atom stereocenters. The molecule has 4 rings (SSSR count). The molecule has 0 saturated carbocycles. The van der Waals surface area contributed by atoms with Crippen LogP contribution in [0.25, 0.3) is 0 Å². The number of piperidine rings is 3. The van der Waals surface area contributed by atoms with E-state index in [1.54, 1.807) is 12.1 Å². The van der Waals surface area contributed by atoms with Crippen molar-refractivity contribution in [2.75, 3.05) is 19.6 Å². The number of phenols is 1. The minimum atomic E-state index is 0.293. The van der Waals surface area contributed by atoms with Gasteiger partial charge in [0.05, 0.1) is 0 Å². The molecule has 3 fully saturated rings. The number of hydrogen-bond donors (Lipinski definition) is 1. The normalized spacial score (nSPS) is 32.6. The lowest BCUT2D eigenvalue weighted by Crippen LogP contribution is -2.52. The van der Waals surface area contributed by atoms with Crippen LogP contribution in [-0.2, 0) is 0 Å². The van der Waals surface area contributed by atoms with Gasteiger partial charge in [0.25, 0.3) is 0 Å². The molecule has 1 aromatic carbocycles. The van der Waals surface area contributed by atoms with E-state index in [2.05, 4.69) is 4.90 Å². The van der Waals surface area contributed by atoms with Crippen LogP contribution < -0.4 is 4.74 Å². The maximum Gasteiger partial charge on any atom is 0.120 e. The van der Waals surface area contributed by atoms with E-state index in [0.717, 1.165) is 18.2 Å². The average Bonchev–Trinajstić information content (AvgIpc) is 2.34. The van der Waals surface area contributed by atoms with Crippen LogP contribution in [0.4, 0.5) is 0 Å². The van der Waals surface area contributed by atoms with Crippen LogP contribution in [0.3, 0.4) is 0 Å². The number of fused-ring (bicyclic) bond motifs is 3. The molecule has 0 radical (unpaired) electrons. The van der Waals surface area contributed by atoms with E-state index in [0.29, 0.717) is 11.9 Å². The maximum atomic E-state index is 9.20. The van der Waals surface area contributed by atoms with Gasteiger partial charge < -0.3 is 9.84 Å². The van der Waals surface area contributed by atoms with Crippen LogP contribution in [0.1, 0.15) is 12.8 Å². The lowest BCUT2D eigenvalue weighted by molar-refractivity contribution is -0.00777. The molecule has 3 heteroatoms. The second-order valence-electron chi connectivity index (χ2n) is 4.79. The summed E-state index contributed by atoms with van der Waals surface area (Å²) in [4.78, 5) is 2.48. The summed E-state index contributed by atoms with van der Waals surface area (Å²) in [5, 5.41) is 9.20. The Kier molecular flexibility index (Phi) is 2.48. The van der Waals surface area contributed by atoms with Crippen molar-refractivity contribution in [3.8, 4) is 11.5 Å². The standard InChI is InChI=1S/C13H17NO2/c15-11-1-3-12(4-2-11)16-13-9-14-7-5-10(13)6-8-14/h1-4,10,13,15H,5-9H2. The highest BCUT2D eigenvalue weighted by atomic mass is 16.5. The summed E-state index contributed by atoms with van der Waals surface area (Å²) in [6.07, 6.45) is 2.87. The van der Waals surface area contributed by atoms with Crippen LogP contribution in [0.5, 0.6) is 11.5 Å². The lowest BCUT2D eigenvalue weighted by Gasteiger charge is -2.44. The highest BCUT2D eigenvalue weighted by Crippen LogP contribution is 2.30. The van der Waals surface area contributed by atoms with Gasteiger partial charge in [-0.1, -0.05) is 0 Å². The monoisotopic (exact) mass is 219 g/mol. The number of ether oxygens (including phenoxy) is 1. The number of phenolic OH excluding ortho intramolecular Hbond substituents is 1. The summed E-state index contributed by atoms with van der Waals surface area (Å²) < 4.78 is 5.99. The first-order valence-electron chi connectivity index (χ1n) is 5.99. The first kappa shape index (κ1) is 9.97.